The summed E-state index contributed by atoms with van der Waals surface area (Å²) < 4.78 is 21.6. The highest BCUT2D eigenvalue weighted by Crippen LogP contribution is 2.49. The van der Waals surface area contributed by atoms with E-state index in [0.29, 0.717) is 39.9 Å². The number of hydrogen-bond acceptors (Lipinski definition) is 7. The SMILES string of the molecule is COc1ccc(OC)c(NC(=O)C2(c3ccncc3)CC(=O)N2c2cc(OC)ccc2OC)c1. The Labute approximate surface area is 197 Å². The number of amides is 2. The lowest BCUT2D eigenvalue weighted by atomic mass is 9.76. The molecule has 9 nitrogen and oxygen atoms in total. The van der Waals surface area contributed by atoms with E-state index in [2.05, 4.69) is 10.3 Å². The monoisotopic (exact) mass is 463 g/mol. The van der Waals surface area contributed by atoms with Gasteiger partial charge >= 0.3 is 0 Å². The molecule has 34 heavy (non-hydrogen) atoms. The van der Waals surface area contributed by atoms with Gasteiger partial charge in [0.15, 0.2) is 5.54 Å². The van der Waals surface area contributed by atoms with E-state index in [9.17, 15) is 9.59 Å². The summed E-state index contributed by atoms with van der Waals surface area (Å²) in [6.07, 6.45) is 3.12. The van der Waals surface area contributed by atoms with Gasteiger partial charge in [0.25, 0.3) is 5.91 Å². The zero-order chi connectivity index (χ0) is 24.3. The molecule has 1 atom stereocenters. The van der Waals surface area contributed by atoms with Crippen LogP contribution in [0.3, 0.4) is 0 Å². The van der Waals surface area contributed by atoms with Crippen molar-refractivity contribution in [3.63, 3.8) is 0 Å². The predicted molar refractivity (Wildman–Crippen MR) is 126 cm³/mol. The molecule has 3 aromatic rings. The van der Waals surface area contributed by atoms with Gasteiger partial charge in [0.1, 0.15) is 23.0 Å². The van der Waals surface area contributed by atoms with Crippen LogP contribution in [0.2, 0.25) is 0 Å². The zero-order valence-electron chi connectivity index (χ0n) is 19.3. The Balaban J connectivity index is 1.85. The Morgan fingerprint density at radius 1 is 0.882 bits per heavy atom. The van der Waals surface area contributed by atoms with E-state index >= 15 is 0 Å². The molecule has 1 N–H and O–H groups in total. The van der Waals surface area contributed by atoms with Gasteiger partial charge in [0.05, 0.1) is 46.2 Å². The Morgan fingerprint density at radius 2 is 1.50 bits per heavy atom. The van der Waals surface area contributed by atoms with Crippen LogP contribution < -0.4 is 29.2 Å². The number of methoxy groups -OCH3 is 4. The fourth-order valence-electron chi connectivity index (χ4n) is 4.12. The molecule has 0 radical (unpaired) electrons. The first-order valence-corrected chi connectivity index (χ1v) is 10.5. The summed E-state index contributed by atoms with van der Waals surface area (Å²) in [5.74, 6) is 1.29. The Hall–Kier alpha value is -4.27. The molecule has 4 rings (SSSR count). The average Bonchev–Trinajstić information content (AvgIpc) is 2.87. The zero-order valence-corrected chi connectivity index (χ0v) is 19.3. The number of carbonyl (C=O) groups is 2. The van der Waals surface area contributed by atoms with Crippen molar-refractivity contribution in [3.05, 3.63) is 66.5 Å². The van der Waals surface area contributed by atoms with Crippen molar-refractivity contribution in [1.82, 2.24) is 4.98 Å². The molecule has 0 aliphatic carbocycles. The highest BCUT2D eigenvalue weighted by atomic mass is 16.5. The highest BCUT2D eigenvalue weighted by molar-refractivity contribution is 6.17. The standard InChI is InChI=1S/C25H25N3O6/c1-31-17-5-7-21(33-3)19(13-17)27-24(30)25(16-9-11-26-12-10-16)15-23(29)28(25)20-14-18(32-2)6-8-22(20)34-4/h5-14H,15H2,1-4H3,(H,27,30). The van der Waals surface area contributed by atoms with Gasteiger partial charge in [-0.2, -0.15) is 0 Å². The largest absolute Gasteiger partial charge is 0.497 e. The van der Waals surface area contributed by atoms with Crippen LogP contribution in [0.4, 0.5) is 11.4 Å². The molecule has 1 aromatic heterocycles. The number of nitrogens with one attached hydrogen (secondary N) is 1. The summed E-state index contributed by atoms with van der Waals surface area (Å²) in [5, 5.41) is 2.93. The number of carbonyl (C=O) groups excluding carboxylic acids is 2. The summed E-state index contributed by atoms with van der Waals surface area (Å²) in [6.45, 7) is 0. The number of benzene rings is 2. The molecule has 176 valence electrons. The molecule has 1 fully saturated rings. The lowest BCUT2D eigenvalue weighted by Crippen LogP contribution is -2.67. The van der Waals surface area contributed by atoms with Crippen LogP contribution in [0, 0.1) is 0 Å². The lowest BCUT2D eigenvalue weighted by molar-refractivity contribution is -0.137. The molecule has 1 saturated heterocycles. The molecule has 2 heterocycles. The van der Waals surface area contributed by atoms with Gasteiger partial charge in [-0.25, -0.2) is 0 Å². The van der Waals surface area contributed by atoms with Crippen molar-refractivity contribution in [2.45, 2.75) is 12.0 Å². The van der Waals surface area contributed by atoms with Crippen molar-refractivity contribution in [2.24, 2.45) is 0 Å². The topological polar surface area (TPSA) is 99.2 Å². The maximum atomic E-state index is 14.0. The van der Waals surface area contributed by atoms with Gasteiger partial charge in [-0.1, -0.05) is 0 Å². The van der Waals surface area contributed by atoms with Gasteiger partial charge in [-0.3, -0.25) is 19.5 Å². The maximum Gasteiger partial charge on any atom is 0.256 e. The second kappa shape index (κ2) is 9.30. The summed E-state index contributed by atoms with van der Waals surface area (Å²) in [7, 11) is 6.08. The third-order valence-electron chi connectivity index (χ3n) is 5.85. The molecule has 1 aliphatic rings. The molecule has 1 unspecified atom stereocenters. The minimum absolute atomic E-state index is 0.0461. The highest BCUT2D eigenvalue weighted by Gasteiger charge is 2.59. The van der Waals surface area contributed by atoms with E-state index in [-0.39, 0.29) is 12.3 Å². The molecule has 0 spiro atoms. The van der Waals surface area contributed by atoms with E-state index in [0.717, 1.165) is 0 Å². The lowest BCUT2D eigenvalue weighted by Gasteiger charge is -2.50. The van der Waals surface area contributed by atoms with Crippen LogP contribution in [-0.4, -0.2) is 45.2 Å². The summed E-state index contributed by atoms with van der Waals surface area (Å²) in [4.78, 5) is 32.5. The fraction of sp³-hybridized carbons (Fsp3) is 0.240. The van der Waals surface area contributed by atoms with E-state index in [1.165, 1.54) is 33.3 Å². The first-order valence-electron chi connectivity index (χ1n) is 10.5. The second-order valence-electron chi connectivity index (χ2n) is 7.56. The molecule has 1 aliphatic heterocycles. The van der Waals surface area contributed by atoms with Crippen molar-refractivity contribution >= 4 is 23.2 Å². The van der Waals surface area contributed by atoms with Crippen molar-refractivity contribution in [2.75, 3.05) is 38.7 Å². The Bertz CT molecular complexity index is 1220. The quantitative estimate of drug-likeness (QED) is 0.511. The number of rotatable bonds is 8. The number of nitrogens with zero attached hydrogens (tertiary/aromatic N) is 2. The van der Waals surface area contributed by atoms with E-state index in [1.807, 2.05) is 0 Å². The van der Waals surface area contributed by atoms with Gasteiger partial charge in [-0.05, 0) is 42.0 Å². The minimum atomic E-state index is -1.35. The van der Waals surface area contributed by atoms with E-state index in [4.69, 9.17) is 18.9 Å². The van der Waals surface area contributed by atoms with Crippen LogP contribution in [0.1, 0.15) is 12.0 Å². The third kappa shape index (κ3) is 3.75. The smallest absolute Gasteiger partial charge is 0.256 e. The summed E-state index contributed by atoms with van der Waals surface area (Å²) in [6, 6.07) is 13.6. The second-order valence-corrected chi connectivity index (χ2v) is 7.56. The minimum Gasteiger partial charge on any atom is -0.497 e. The van der Waals surface area contributed by atoms with Gasteiger partial charge in [-0.15, -0.1) is 0 Å². The molecule has 2 aromatic carbocycles. The van der Waals surface area contributed by atoms with Crippen LogP contribution in [0.15, 0.2) is 60.9 Å². The average molecular weight is 463 g/mol. The Kier molecular flexibility index (Phi) is 6.27. The van der Waals surface area contributed by atoms with Gasteiger partial charge in [0.2, 0.25) is 5.91 Å². The predicted octanol–water partition coefficient (Wildman–Crippen LogP) is 3.39. The molecule has 2 amide bonds. The summed E-state index contributed by atoms with van der Waals surface area (Å²) >= 11 is 0. The maximum absolute atomic E-state index is 14.0. The van der Waals surface area contributed by atoms with Crippen LogP contribution in [-0.2, 0) is 15.1 Å². The number of pyridine rings is 1. The van der Waals surface area contributed by atoms with Gasteiger partial charge in [0, 0.05) is 24.5 Å². The number of ether oxygens (including phenoxy) is 4. The number of β-lactam (4-membered cyclic amide) rings is 1. The molecular formula is C25H25N3O6. The van der Waals surface area contributed by atoms with Crippen LogP contribution >= 0.6 is 0 Å². The first-order chi connectivity index (χ1) is 16.5. The molecule has 0 bridgehead atoms. The molecule has 0 saturated carbocycles. The third-order valence-corrected chi connectivity index (χ3v) is 5.85. The molecular weight excluding hydrogens is 438 g/mol. The van der Waals surface area contributed by atoms with E-state index in [1.54, 1.807) is 60.9 Å². The van der Waals surface area contributed by atoms with Crippen LogP contribution in [0.25, 0.3) is 0 Å². The van der Waals surface area contributed by atoms with Crippen molar-refractivity contribution < 1.29 is 28.5 Å². The normalized spacial score (nSPS) is 16.9. The number of anilines is 2. The van der Waals surface area contributed by atoms with Gasteiger partial charge < -0.3 is 24.3 Å². The van der Waals surface area contributed by atoms with Crippen LogP contribution in [0.5, 0.6) is 23.0 Å². The number of aromatic nitrogens is 1. The first kappa shape index (κ1) is 22.9. The Morgan fingerprint density at radius 3 is 2.09 bits per heavy atom. The molecule has 9 heteroatoms. The summed E-state index contributed by atoms with van der Waals surface area (Å²) in [5.41, 5.74) is 0.0829. The number of hydrogen-bond donors (Lipinski definition) is 1. The van der Waals surface area contributed by atoms with Crippen molar-refractivity contribution in [3.8, 4) is 23.0 Å². The fourth-order valence-corrected chi connectivity index (χ4v) is 4.12. The van der Waals surface area contributed by atoms with Crippen molar-refractivity contribution in [1.29, 1.82) is 0 Å². The van der Waals surface area contributed by atoms with E-state index < -0.39 is 11.4 Å².